The normalized spacial score (nSPS) is 16.4. The van der Waals surface area contributed by atoms with Crippen molar-refractivity contribution >= 4 is 23.7 Å². The third-order valence-electron chi connectivity index (χ3n) is 4.46. The number of nitrogens with zero attached hydrogens (tertiary/aromatic N) is 2. The summed E-state index contributed by atoms with van der Waals surface area (Å²) in [5.41, 5.74) is 4.11. The minimum absolute atomic E-state index is 0.0801. The van der Waals surface area contributed by atoms with Crippen LogP contribution in [0.5, 0.6) is 11.5 Å². The van der Waals surface area contributed by atoms with E-state index in [4.69, 9.17) is 9.47 Å². The Hall–Kier alpha value is -3.35. The molecule has 0 aromatic heterocycles. The lowest BCUT2D eigenvalue weighted by Gasteiger charge is -2.17. The number of carbonyl (C=O) groups is 2. The molecule has 0 unspecified atom stereocenters. The molecule has 7 heteroatoms. The third-order valence-corrected chi connectivity index (χ3v) is 4.46. The zero-order chi connectivity index (χ0) is 19.9. The standard InChI is InChI=1S/C21H23N3O4/c1-3-28-19-10-6-17(7-11-19)24-14-16(12-20(24)25)21(26)23-22-13-15-4-8-18(27-2)9-5-15/h4-11,13,16H,3,12,14H2,1-2H3,(H,23,26)/b22-13-/t16-/m0/s1. The van der Waals surface area contributed by atoms with Gasteiger partial charge in [0, 0.05) is 18.7 Å². The molecule has 7 nitrogen and oxygen atoms in total. The molecule has 146 valence electrons. The van der Waals surface area contributed by atoms with Gasteiger partial charge in [-0.1, -0.05) is 0 Å². The number of ether oxygens (including phenoxy) is 2. The number of rotatable bonds is 7. The second-order valence-corrected chi connectivity index (χ2v) is 6.34. The van der Waals surface area contributed by atoms with E-state index in [9.17, 15) is 9.59 Å². The molecule has 28 heavy (non-hydrogen) atoms. The summed E-state index contributed by atoms with van der Waals surface area (Å²) < 4.78 is 10.5. The summed E-state index contributed by atoms with van der Waals surface area (Å²) in [6.45, 7) is 2.83. The van der Waals surface area contributed by atoms with E-state index >= 15 is 0 Å². The highest BCUT2D eigenvalue weighted by molar-refractivity contribution is 6.00. The molecule has 2 aromatic rings. The Morgan fingerprint density at radius 1 is 1.18 bits per heavy atom. The average Bonchev–Trinajstić information content (AvgIpc) is 3.11. The molecule has 1 atom stereocenters. The molecule has 1 fully saturated rings. The highest BCUT2D eigenvalue weighted by Gasteiger charge is 2.35. The molecule has 2 amide bonds. The lowest BCUT2D eigenvalue weighted by atomic mass is 10.1. The van der Waals surface area contributed by atoms with E-state index in [2.05, 4.69) is 10.5 Å². The van der Waals surface area contributed by atoms with Gasteiger partial charge in [-0.3, -0.25) is 9.59 Å². The first-order valence-electron chi connectivity index (χ1n) is 9.11. The first-order chi connectivity index (χ1) is 13.6. The highest BCUT2D eigenvalue weighted by atomic mass is 16.5. The summed E-state index contributed by atoms with van der Waals surface area (Å²) in [6.07, 6.45) is 1.72. The Labute approximate surface area is 163 Å². The number of methoxy groups -OCH3 is 1. The van der Waals surface area contributed by atoms with E-state index in [0.717, 1.165) is 22.7 Å². The Morgan fingerprint density at radius 2 is 1.86 bits per heavy atom. The number of carbonyl (C=O) groups excluding carboxylic acids is 2. The zero-order valence-electron chi connectivity index (χ0n) is 15.9. The number of benzene rings is 2. The molecule has 0 bridgehead atoms. The second-order valence-electron chi connectivity index (χ2n) is 6.34. The van der Waals surface area contributed by atoms with Crippen LogP contribution in [0.3, 0.4) is 0 Å². The Kier molecular flexibility index (Phi) is 6.26. The molecule has 0 radical (unpaired) electrons. The van der Waals surface area contributed by atoms with Gasteiger partial charge in [-0.05, 0) is 61.0 Å². The van der Waals surface area contributed by atoms with Crippen molar-refractivity contribution in [2.24, 2.45) is 11.0 Å². The van der Waals surface area contributed by atoms with Crippen molar-refractivity contribution in [3.05, 3.63) is 54.1 Å². The van der Waals surface area contributed by atoms with Crippen LogP contribution in [0, 0.1) is 5.92 Å². The molecule has 0 saturated carbocycles. The molecule has 1 saturated heterocycles. The highest BCUT2D eigenvalue weighted by Crippen LogP contribution is 2.27. The Balaban J connectivity index is 1.56. The van der Waals surface area contributed by atoms with Crippen LogP contribution in [-0.4, -0.2) is 38.3 Å². The Morgan fingerprint density at radius 3 is 2.50 bits per heavy atom. The molecule has 0 spiro atoms. The van der Waals surface area contributed by atoms with E-state index < -0.39 is 5.92 Å². The van der Waals surface area contributed by atoms with Crippen LogP contribution in [0.1, 0.15) is 18.9 Å². The quantitative estimate of drug-likeness (QED) is 0.591. The first-order valence-corrected chi connectivity index (χ1v) is 9.11. The smallest absolute Gasteiger partial charge is 0.245 e. The van der Waals surface area contributed by atoms with Crippen molar-refractivity contribution in [1.29, 1.82) is 0 Å². The molecule has 1 aliphatic rings. The van der Waals surface area contributed by atoms with Gasteiger partial charge in [-0.2, -0.15) is 5.10 Å². The molecule has 0 aliphatic carbocycles. The van der Waals surface area contributed by atoms with Crippen molar-refractivity contribution in [3.63, 3.8) is 0 Å². The fraction of sp³-hybridized carbons (Fsp3) is 0.286. The third kappa shape index (κ3) is 4.68. The summed E-state index contributed by atoms with van der Waals surface area (Å²) in [5, 5.41) is 3.98. The number of amides is 2. The number of hydrogen-bond acceptors (Lipinski definition) is 5. The monoisotopic (exact) mass is 381 g/mol. The van der Waals surface area contributed by atoms with Crippen LogP contribution in [-0.2, 0) is 9.59 Å². The summed E-state index contributed by atoms with van der Waals surface area (Å²) in [7, 11) is 1.60. The van der Waals surface area contributed by atoms with Crippen LogP contribution < -0.4 is 19.8 Å². The van der Waals surface area contributed by atoms with E-state index in [1.54, 1.807) is 18.2 Å². The van der Waals surface area contributed by atoms with Gasteiger partial charge in [0.25, 0.3) is 0 Å². The maximum Gasteiger partial charge on any atom is 0.245 e. The topological polar surface area (TPSA) is 80.2 Å². The van der Waals surface area contributed by atoms with E-state index in [-0.39, 0.29) is 18.2 Å². The van der Waals surface area contributed by atoms with Crippen LogP contribution in [0.2, 0.25) is 0 Å². The minimum Gasteiger partial charge on any atom is -0.497 e. The van der Waals surface area contributed by atoms with Crippen LogP contribution >= 0.6 is 0 Å². The van der Waals surface area contributed by atoms with Gasteiger partial charge in [0.1, 0.15) is 11.5 Å². The summed E-state index contributed by atoms with van der Waals surface area (Å²) in [6, 6.07) is 14.6. The van der Waals surface area contributed by atoms with Crippen molar-refractivity contribution in [2.45, 2.75) is 13.3 Å². The summed E-state index contributed by atoms with van der Waals surface area (Å²) >= 11 is 0. The number of hydrazone groups is 1. The predicted molar refractivity (Wildman–Crippen MR) is 107 cm³/mol. The van der Waals surface area contributed by atoms with E-state index in [1.807, 2.05) is 55.5 Å². The molecule has 1 heterocycles. The van der Waals surface area contributed by atoms with Crippen molar-refractivity contribution in [1.82, 2.24) is 5.43 Å². The van der Waals surface area contributed by atoms with Gasteiger partial charge >= 0.3 is 0 Å². The van der Waals surface area contributed by atoms with Gasteiger partial charge in [0.15, 0.2) is 0 Å². The maximum absolute atomic E-state index is 12.4. The lowest BCUT2D eigenvalue weighted by Crippen LogP contribution is -2.30. The summed E-state index contributed by atoms with van der Waals surface area (Å²) in [5.74, 6) is 0.710. The van der Waals surface area contributed by atoms with Crippen LogP contribution in [0.15, 0.2) is 53.6 Å². The van der Waals surface area contributed by atoms with Gasteiger partial charge in [0.05, 0.1) is 25.8 Å². The van der Waals surface area contributed by atoms with Crippen molar-refractivity contribution in [2.75, 3.05) is 25.2 Å². The molecule has 2 aromatic carbocycles. The SMILES string of the molecule is CCOc1ccc(N2C[C@@H](C(=O)N/N=C\c3ccc(OC)cc3)CC2=O)cc1. The summed E-state index contributed by atoms with van der Waals surface area (Å²) in [4.78, 5) is 26.3. The zero-order valence-corrected chi connectivity index (χ0v) is 15.9. The lowest BCUT2D eigenvalue weighted by molar-refractivity contribution is -0.126. The van der Waals surface area contributed by atoms with Gasteiger partial charge in [0.2, 0.25) is 11.8 Å². The number of hydrogen-bond donors (Lipinski definition) is 1. The van der Waals surface area contributed by atoms with Crippen LogP contribution in [0.4, 0.5) is 5.69 Å². The van der Waals surface area contributed by atoms with E-state index in [0.29, 0.717) is 13.2 Å². The molecule has 1 aliphatic heterocycles. The van der Waals surface area contributed by atoms with Crippen LogP contribution in [0.25, 0.3) is 0 Å². The predicted octanol–water partition coefficient (Wildman–Crippen LogP) is 2.60. The fourth-order valence-corrected chi connectivity index (χ4v) is 2.97. The first kappa shape index (κ1) is 19.4. The molecular weight excluding hydrogens is 358 g/mol. The molecule has 1 N–H and O–H groups in total. The molecule has 3 rings (SSSR count). The minimum atomic E-state index is -0.438. The maximum atomic E-state index is 12.4. The average molecular weight is 381 g/mol. The fourth-order valence-electron chi connectivity index (χ4n) is 2.97. The van der Waals surface area contributed by atoms with Gasteiger partial charge in [-0.15, -0.1) is 0 Å². The van der Waals surface area contributed by atoms with Crippen molar-refractivity contribution in [3.8, 4) is 11.5 Å². The molecular formula is C21H23N3O4. The van der Waals surface area contributed by atoms with Crippen molar-refractivity contribution < 1.29 is 19.1 Å². The number of nitrogens with one attached hydrogen (secondary N) is 1. The van der Waals surface area contributed by atoms with E-state index in [1.165, 1.54) is 0 Å². The second kappa shape index (κ2) is 9.03. The van der Waals surface area contributed by atoms with Gasteiger partial charge < -0.3 is 14.4 Å². The largest absolute Gasteiger partial charge is 0.497 e. The Bertz CT molecular complexity index is 847. The van der Waals surface area contributed by atoms with Gasteiger partial charge in [-0.25, -0.2) is 5.43 Å². The number of anilines is 1.